The van der Waals surface area contributed by atoms with E-state index in [-0.39, 0.29) is 5.91 Å². The van der Waals surface area contributed by atoms with E-state index in [9.17, 15) is 9.59 Å². The highest BCUT2D eigenvalue weighted by atomic mass is 32.1. The second kappa shape index (κ2) is 6.29. The summed E-state index contributed by atoms with van der Waals surface area (Å²) in [6, 6.07) is 6.41. The van der Waals surface area contributed by atoms with Crippen LogP contribution in [0.3, 0.4) is 0 Å². The fourth-order valence-electron chi connectivity index (χ4n) is 1.65. The summed E-state index contributed by atoms with van der Waals surface area (Å²) in [4.78, 5) is 27.7. The quantitative estimate of drug-likeness (QED) is 0.878. The van der Waals surface area contributed by atoms with E-state index in [4.69, 9.17) is 4.74 Å². The van der Waals surface area contributed by atoms with E-state index in [1.165, 1.54) is 24.5 Å². The molecular weight excluding hydrogens is 276 g/mol. The number of benzene rings is 1. The summed E-state index contributed by atoms with van der Waals surface area (Å²) < 4.78 is 5.33. The van der Waals surface area contributed by atoms with Gasteiger partial charge in [0, 0.05) is 24.2 Å². The van der Waals surface area contributed by atoms with Crippen LogP contribution in [0.2, 0.25) is 0 Å². The zero-order valence-electron chi connectivity index (χ0n) is 11.1. The van der Waals surface area contributed by atoms with Gasteiger partial charge < -0.3 is 10.1 Å². The smallest absolute Gasteiger partial charge is 0.338 e. The third-order valence-electron chi connectivity index (χ3n) is 2.67. The van der Waals surface area contributed by atoms with Crippen molar-refractivity contribution in [3.8, 4) is 0 Å². The topological polar surface area (TPSA) is 68.3 Å². The second-order valence-corrected chi connectivity index (χ2v) is 5.00. The molecule has 6 heteroatoms. The average molecular weight is 290 g/mol. The normalized spacial score (nSPS) is 11.7. The summed E-state index contributed by atoms with van der Waals surface area (Å²) in [6.07, 6.45) is 1.25. The first-order chi connectivity index (χ1) is 9.61. The number of hydrogen-bond donors (Lipinski definition) is 1. The number of rotatable bonds is 4. The van der Waals surface area contributed by atoms with Crippen molar-refractivity contribution in [1.82, 2.24) is 10.3 Å². The monoisotopic (exact) mass is 290 g/mol. The standard InChI is InChI=1S/C14H14N2O3S/c1-9(13-16-6-7-20-13)19-14(18)11-5-3-4-10(8-11)12(17)15-2/h3-9H,1-2H3,(H,15,17)/t9-/m1/s1. The molecule has 0 aliphatic heterocycles. The first-order valence-electron chi connectivity index (χ1n) is 6.04. The highest BCUT2D eigenvalue weighted by molar-refractivity contribution is 7.09. The second-order valence-electron chi connectivity index (χ2n) is 4.08. The minimum atomic E-state index is -0.474. The fraction of sp³-hybridized carbons (Fsp3) is 0.214. The number of carbonyl (C=O) groups excluding carboxylic acids is 2. The lowest BCUT2D eigenvalue weighted by molar-refractivity contribution is 0.0337. The predicted octanol–water partition coefficient (Wildman–Crippen LogP) is 2.42. The van der Waals surface area contributed by atoms with Gasteiger partial charge in [-0.15, -0.1) is 11.3 Å². The Morgan fingerprint density at radius 2 is 2.10 bits per heavy atom. The minimum Gasteiger partial charge on any atom is -0.452 e. The zero-order valence-corrected chi connectivity index (χ0v) is 11.9. The highest BCUT2D eigenvalue weighted by Gasteiger charge is 2.16. The van der Waals surface area contributed by atoms with Crippen LogP contribution < -0.4 is 5.32 Å². The minimum absolute atomic E-state index is 0.243. The summed E-state index contributed by atoms with van der Waals surface area (Å²) in [5, 5.41) is 5.07. The van der Waals surface area contributed by atoms with Crippen LogP contribution in [0.4, 0.5) is 0 Å². The van der Waals surface area contributed by atoms with Crippen LogP contribution in [0.5, 0.6) is 0 Å². The first-order valence-corrected chi connectivity index (χ1v) is 6.92. The van der Waals surface area contributed by atoms with Gasteiger partial charge in [-0.25, -0.2) is 9.78 Å². The number of esters is 1. The number of hydrogen-bond acceptors (Lipinski definition) is 5. The molecule has 2 rings (SSSR count). The Hall–Kier alpha value is -2.21. The van der Waals surface area contributed by atoms with Gasteiger partial charge in [0.05, 0.1) is 5.56 Å². The number of ether oxygens (including phenoxy) is 1. The van der Waals surface area contributed by atoms with Crippen molar-refractivity contribution in [1.29, 1.82) is 0 Å². The molecule has 0 radical (unpaired) electrons. The summed E-state index contributed by atoms with van der Waals surface area (Å²) in [5.41, 5.74) is 0.762. The lowest BCUT2D eigenvalue weighted by atomic mass is 10.1. The van der Waals surface area contributed by atoms with Gasteiger partial charge in [0.2, 0.25) is 0 Å². The molecule has 2 aromatic rings. The largest absolute Gasteiger partial charge is 0.452 e. The molecule has 0 aliphatic carbocycles. The molecule has 0 aliphatic rings. The van der Waals surface area contributed by atoms with E-state index in [1.54, 1.807) is 31.3 Å². The molecule has 5 nitrogen and oxygen atoms in total. The highest BCUT2D eigenvalue weighted by Crippen LogP contribution is 2.20. The van der Waals surface area contributed by atoms with Gasteiger partial charge in [0.1, 0.15) is 5.01 Å². The van der Waals surface area contributed by atoms with E-state index < -0.39 is 12.1 Å². The van der Waals surface area contributed by atoms with E-state index in [1.807, 2.05) is 5.38 Å². The zero-order chi connectivity index (χ0) is 14.5. The first kappa shape index (κ1) is 14.2. The Labute approximate surface area is 120 Å². The van der Waals surface area contributed by atoms with Gasteiger partial charge in [-0.1, -0.05) is 6.07 Å². The third-order valence-corrected chi connectivity index (χ3v) is 3.61. The van der Waals surface area contributed by atoms with Crippen molar-refractivity contribution in [3.63, 3.8) is 0 Å². The molecule has 104 valence electrons. The van der Waals surface area contributed by atoms with Gasteiger partial charge in [-0.2, -0.15) is 0 Å². The fourth-order valence-corrected chi connectivity index (χ4v) is 2.27. The Morgan fingerprint density at radius 1 is 1.35 bits per heavy atom. The van der Waals surface area contributed by atoms with Gasteiger partial charge >= 0.3 is 5.97 Å². The van der Waals surface area contributed by atoms with Crippen LogP contribution in [0, 0.1) is 0 Å². The summed E-state index contributed by atoms with van der Waals surface area (Å²) in [6.45, 7) is 1.76. The number of carbonyl (C=O) groups is 2. The average Bonchev–Trinajstić information content (AvgIpc) is 3.00. The molecule has 1 heterocycles. The molecule has 1 aromatic carbocycles. The maximum Gasteiger partial charge on any atom is 0.338 e. The van der Waals surface area contributed by atoms with E-state index >= 15 is 0 Å². The molecule has 1 aromatic heterocycles. The van der Waals surface area contributed by atoms with Gasteiger partial charge in [0.25, 0.3) is 5.91 Å². The van der Waals surface area contributed by atoms with Crippen LogP contribution in [0.15, 0.2) is 35.8 Å². The number of aromatic nitrogens is 1. The van der Waals surface area contributed by atoms with E-state index in [0.29, 0.717) is 11.1 Å². The summed E-state index contributed by atoms with van der Waals surface area (Å²) in [7, 11) is 1.54. The Morgan fingerprint density at radius 3 is 2.75 bits per heavy atom. The molecule has 1 atom stereocenters. The Kier molecular flexibility index (Phi) is 4.47. The van der Waals surface area contributed by atoms with Crippen LogP contribution in [-0.4, -0.2) is 23.9 Å². The van der Waals surface area contributed by atoms with Crippen molar-refractivity contribution < 1.29 is 14.3 Å². The van der Waals surface area contributed by atoms with Crippen LogP contribution in [0.1, 0.15) is 38.8 Å². The number of nitrogens with zero attached hydrogens (tertiary/aromatic N) is 1. The van der Waals surface area contributed by atoms with E-state index in [2.05, 4.69) is 10.3 Å². The maximum absolute atomic E-state index is 12.0. The number of thiazole rings is 1. The molecule has 0 spiro atoms. The molecule has 0 saturated carbocycles. The lowest BCUT2D eigenvalue weighted by Crippen LogP contribution is -2.18. The molecular formula is C14H14N2O3S. The molecule has 0 bridgehead atoms. The summed E-state index contributed by atoms with van der Waals surface area (Å²) in [5.74, 6) is -0.717. The van der Waals surface area contributed by atoms with Gasteiger partial charge in [-0.05, 0) is 25.1 Å². The maximum atomic E-state index is 12.0. The van der Waals surface area contributed by atoms with Gasteiger partial charge in [-0.3, -0.25) is 4.79 Å². The third kappa shape index (κ3) is 3.21. The number of nitrogens with one attached hydrogen (secondary N) is 1. The van der Waals surface area contributed by atoms with Crippen molar-refractivity contribution in [2.75, 3.05) is 7.05 Å². The molecule has 20 heavy (non-hydrogen) atoms. The Bertz CT molecular complexity index is 611. The van der Waals surface area contributed by atoms with Crippen molar-refractivity contribution in [2.45, 2.75) is 13.0 Å². The van der Waals surface area contributed by atoms with E-state index in [0.717, 1.165) is 5.01 Å². The van der Waals surface area contributed by atoms with Crippen molar-refractivity contribution >= 4 is 23.2 Å². The summed E-state index contributed by atoms with van der Waals surface area (Å²) >= 11 is 1.43. The predicted molar refractivity (Wildman–Crippen MR) is 75.8 cm³/mol. The lowest BCUT2D eigenvalue weighted by Gasteiger charge is -2.11. The van der Waals surface area contributed by atoms with Gasteiger partial charge in [0.15, 0.2) is 6.10 Å². The van der Waals surface area contributed by atoms with Crippen LogP contribution >= 0.6 is 11.3 Å². The SMILES string of the molecule is CNC(=O)c1cccc(C(=O)O[C@H](C)c2nccs2)c1. The van der Waals surface area contributed by atoms with Crippen LogP contribution in [0.25, 0.3) is 0 Å². The molecule has 1 amide bonds. The molecule has 0 saturated heterocycles. The number of amides is 1. The molecule has 1 N–H and O–H groups in total. The molecule has 0 unspecified atom stereocenters. The van der Waals surface area contributed by atoms with Crippen molar-refractivity contribution in [3.05, 3.63) is 52.0 Å². The van der Waals surface area contributed by atoms with Crippen molar-refractivity contribution in [2.24, 2.45) is 0 Å². The molecule has 0 fully saturated rings. The van der Waals surface area contributed by atoms with Crippen LogP contribution in [-0.2, 0) is 4.74 Å². The Balaban J connectivity index is 2.11.